The van der Waals surface area contributed by atoms with Gasteiger partial charge in [-0.2, -0.15) is 0 Å². The zero-order valence-corrected chi connectivity index (χ0v) is 27.7. The van der Waals surface area contributed by atoms with Crippen molar-refractivity contribution in [1.29, 1.82) is 0 Å². The van der Waals surface area contributed by atoms with E-state index in [2.05, 4.69) is 114 Å². The minimum Gasteiger partial charge on any atom is -0.309 e. The second-order valence-corrected chi connectivity index (χ2v) is 13.5. The number of rotatable bonds is 5. The predicted octanol–water partition coefficient (Wildman–Crippen LogP) is 12.0. The molecule has 234 valence electrons. The summed E-state index contributed by atoms with van der Waals surface area (Å²) in [6.45, 7) is 0. The van der Waals surface area contributed by atoms with Crippen molar-refractivity contribution in [3.8, 4) is 51.0 Å². The molecule has 0 spiro atoms. The highest BCUT2D eigenvalue weighted by Gasteiger charge is 2.17. The molecule has 10 rings (SSSR count). The third-order valence-corrected chi connectivity index (χ3v) is 10.7. The van der Waals surface area contributed by atoms with Crippen LogP contribution in [-0.4, -0.2) is 19.5 Å². The van der Waals surface area contributed by atoms with E-state index in [1.807, 2.05) is 72.0 Å². The van der Waals surface area contributed by atoms with Gasteiger partial charge in [0.25, 0.3) is 0 Å². The van der Waals surface area contributed by atoms with Crippen molar-refractivity contribution in [1.82, 2.24) is 19.5 Å². The molecular formula is C45H28N4S. The average molecular weight is 657 g/mol. The molecule has 50 heavy (non-hydrogen) atoms. The lowest BCUT2D eigenvalue weighted by Gasteiger charge is -2.09. The van der Waals surface area contributed by atoms with Gasteiger partial charge in [0.15, 0.2) is 17.5 Å². The van der Waals surface area contributed by atoms with Crippen LogP contribution in [0.4, 0.5) is 0 Å². The van der Waals surface area contributed by atoms with Crippen molar-refractivity contribution in [2.75, 3.05) is 0 Å². The van der Waals surface area contributed by atoms with E-state index >= 15 is 0 Å². The number of para-hydroxylation sites is 2. The normalized spacial score (nSPS) is 11.6. The molecule has 0 aliphatic carbocycles. The Morgan fingerprint density at radius 2 is 0.960 bits per heavy atom. The first-order valence-corrected chi connectivity index (χ1v) is 17.5. The standard InChI is InChI=1S/C45H28N4S/c1-4-13-29(14-5-1)43-46-44(30-15-6-2-7-16-30)48-45(47-43)32-24-26-41-38(27-32)37-21-12-20-34(42(37)50-41)31-23-25-36-35-19-10-11-22-39(35)49(40(36)28-31)33-17-8-3-9-18-33/h1-28H. The first-order valence-electron chi connectivity index (χ1n) is 16.7. The largest absolute Gasteiger partial charge is 0.309 e. The summed E-state index contributed by atoms with van der Waals surface area (Å²) < 4.78 is 4.89. The molecule has 5 heteroatoms. The zero-order chi connectivity index (χ0) is 33.0. The molecule has 0 radical (unpaired) electrons. The van der Waals surface area contributed by atoms with Gasteiger partial charge in [-0.25, -0.2) is 15.0 Å². The van der Waals surface area contributed by atoms with Crippen molar-refractivity contribution in [3.63, 3.8) is 0 Å². The highest BCUT2D eigenvalue weighted by Crippen LogP contribution is 2.43. The van der Waals surface area contributed by atoms with Gasteiger partial charge in [0.1, 0.15) is 0 Å². The Kier molecular flexibility index (Phi) is 6.64. The van der Waals surface area contributed by atoms with E-state index in [9.17, 15) is 0 Å². The maximum absolute atomic E-state index is 4.99. The fourth-order valence-electron chi connectivity index (χ4n) is 7.10. The molecule has 0 aliphatic heterocycles. The number of thiophene rings is 1. The molecule has 3 aromatic heterocycles. The Balaban J connectivity index is 1.14. The SMILES string of the molecule is c1ccc(-c2nc(-c3ccccc3)nc(-c3ccc4sc5c(-c6ccc7c8ccccc8n(-c8ccccc8)c7c6)cccc5c4c3)n2)cc1. The Morgan fingerprint density at radius 1 is 0.380 bits per heavy atom. The minimum absolute atomic E-state index is 0.661. The molecule has 4 nitrogen and oxygen atoms in total. The number of fused-ring (bicyclic) bond motifs is 6. The van der Waals surface area contributed by atoms with Crippen molar-refractivity contribution in [2.45, 2.75) is 0 Å². The molecule has 0 N–H and O–H groups in total. The van der Waals surface area contributed by atoms with E-state index in [1.54, 1.807) is 0 Å². The molecule has 0 aliphatic rings. The molecule has 0 fully saturated rings. The van der Waals surface area contributed by atoms with Crippen LogP contribution in [0, 0.1) is 0 Å². The van der Waals surface area contributed by atoms with E-state index in [0.717, 1.165) is 22.4 Å². The molecule has 0 bridgehead atoms. The summed E-state index contributed by atoms with van der Waals surface area (Å²) in [6, 6.07) is 59.7. The van der Waals surface area contributed by atoms with Gasteiger partial charge < -0.3 is 4.57 Å². The van der Waals surface area contributed by atoms with Crippen LogP contribution in [0.3, 0.4) is 0 Å². The van der Waals surface area contributed by atoms with Crippen LogP contribution >= 0.6 is 11.3 Å². The molecule has 0 amide bonds. The molecule has 0 saturated carbocycles. The Hall–Kier alpha value is -6.43. The minimum atomic E-state index is 0.661. The zero-order valence-electron chi connectivity index (χ0n) is 26.9. The summed E-state index contributed by atoms with van der Waals surface area (Å²) in [5, 5.41) is 4.94. The van der Waals surface area contributed by atoms with Crippen LogP contribution in [0.5, 0.6) is 0 Å². The number of hydrogen-bond donors (Lipinski definition) is 0. The summed E-state index contributed by atoms with van der Waals surface area (Å²) in [5.74, 6) is 1.99. The lowest BCUT2D eigenvalue weighted by Crippen LogP contribution is -2.00. The van der Waals surface area contributed by atoms with Crippen LogP contribution in [0.15, 0.2) is 170 Å². The van der Waals surface area contributed by atoms with Crippen LogP contribution in [0.25, 0.3) is 93.0 Å². The van der Waals surface area contributed by atoms with Crippen molar-refractivity contribution < 1.29 is 0 Å². The Bertz CT molecular complexity index is 2800. The molecule has 7 aromatic carbocycles. The molecule has 10 aromatic rings. The summed E-state index contributed by atoms with van der Waals surface area (Å²) in [4.78, 5) is 14.9. The summed E-state index contributed by atoms with van der Waals surface area (Å²) in [6.07, 6.45) is 0. The van der Waals surface area contributed by atoms with Crippen molar-refractivity contribution >= 4 is 53.3 Å². The predicted molar refractivity (Wildman–Crippen MR) is 209 cm³/mol. The van der Waals surface area contributed by atoms with Gasteiger partial charge in [0.2, 0.25) is 0 Å². The first-order chi connectivity index (χ1) is 24.8. The summed E-state index contributed by atoms with van der Waals surface area (Å²) in [7, 11) is 0. The van der Waals surface area contributed by atoms with Gasteiger partial charge in [0.05, 0.1) is 11.0 Å². The Morgan fingerprint density at radius 3 is 1.68 bits per heavy atom. The fraction of sp³-hybridized carbons (Fsp3) is 0. The second-order valence-electron chi connectivity index (χ2n) is 12.5. The number of nitrogens with zero attached hydrogens (tertiary/aromatic N) is 4. The second kappa shape index (κ2) is 11.6. The third kappa shape index (κ3) is 4.71. The van der Waals surface area contributed by atoms with Crippen LogP contribution in [-0.2, 0) is 0 Å². The summed E-state index contributed by atoms with van der Waals surface area (Å²) >= 11 is 1.84. The number of hydrogen-bond acceptors (Lipinski definition) is 4. The van der Waals surface area contributed by atoms with Gasteiger partial charge in [-0.1, -0.05) is 127 Å². The van der Waals surface area contributed by atoms with E-state index in [-0.39, 0.29) is 0 Å². The molecule has 0 saturated heterocycles. The number of aromatic nitrogens is 4. The van der Waals surface area contributed by atoms with Crippen LogP contribution in [0.1, 0.15) is 0 Å². The van der Waals surface area contributed by atoms with Crippen molar-refractivity contribution in [2.24, 2.45) is 0 Å². The van der Waals surface area contributed by atoms with E-state index in [1.165, 1.54) is 53.1 Å². The lowest BCUT2D eigenvalue weighted by molar-refractivity contribution is 1.07. The molecular weight excluding hydrogens is 629 g/mol. The van der Waals surface area contributed by atoms with Gasteiger partial charge in [-0.15, -0.1) is 11.3 Å². The van der Waals surface area contributed by atoms with Gasteiger partial charge in [-0.05, 0) is 53.6 Å². The van der Waals surface area contributed by atoms with Gasteiger partial charge in [0, 0.05) is 53.3 Å². The smallest absolute Gasteiger partial charge is 0.164 e. The van der Waals surface area contributed by atoms with Crippen LogP contribution in [0.2, 0.25) is 0 Å². The van der Waals surface area contributed by atoms with Gasteiger partial charge >= 0.3 is 0 Å². The molecule has 0 unspecified atom stereocenters. The molecule has 3 heterocycles. The quantitative estimate of drug-likeness (QED) is 0.185. The highest BCUT2D eigenvalue weighted by molar-refractivity contribution is 7.26. The topological polar surface area (TPSA) is 43.6 Å². The maximum atomic E-state index is 4.99. The number of benzene rings is 7. The van der Waals surface area contributed by atoms with E-state index < -0.39 is 0 Å². The molecule has 0 atom stereocenters. The van der Waals surface area contributed by atoms with E-state index in [4.69, 9.17) is 15.0 Å². The fourth-order valence-corrected chi connectivity index (χ4v) is 8.31. The third-order valence-electron chi connectivity index (χ3n) is 9.45. The van der Waals surface area contributed by atoms with E-state index in [0.29, 0.717) is 17.5 Å². The maximum Gasteiger partial charge on any atom is 0.164 e. The lowest BCUT2D eigenvalue weighted by atomic mass is 10.0. The summed E-state index contributed by atoms with van der Waals surface area (Å²) in [5.41, 5.74) is 8.89. The van der Waals surface area contributed by atoms with Gasteiger partial charge in [-0.3, -0.25) is 0 Å². The highest BCUT2D eigenvalue weighted by atomic mass is 32.1. The van der Waals surface area contributed by atoms with Crippen molar-refractivity contribution in [3.05, 3.63) is 170 Å². The van der Waals surface area contributed by atoms with Crippen LogP contribution < -0.4 is 0 Å². The Labute approximate surface area is 292 Å². The first kappa shape index (κ1) is 28.6. The monoisotopic (exact) mass is 656 g/mol. The average Bonchev–Trinajstić information content (AvgIpc) is 3.74.